The van der Waals surface area contributed by atoms with Gasteiger partial charge in [0, 0.05) is 55.8 Å². The number of nitrogens with two attached hydrogens (primary N) is 1. The first kappa shape index (κ1) is 38.1. The summed E-state index contributed by atoms with van der Waals surface area (Å²) < 4.78 is 0. The van der Waals surface area contributed by atoms with E-state index in [2.05, 4.69) is 25.6 Å². The van der Waals surface area contributed by atoms with Crippen molar-refractivity contribution < 1.29 is 24.6 Å². The van der Waals surface area contributed by atoms with Crippen LogP contribution in [0.4, 0.5) is 0 Å². The number of aromatic amines is 1. The Labute approximate surface area is 301 Å². The molecule has 5 atom stereocenters. The average Bonchev–Trinajstić information content (AvgIpc) is 3.67. The van der Waals surface area contributed by atoms with Crippen LogP contribution in [0.2, 0.25) is 0 Å². The molecule has 12 heteroatoms. The van der Waals surface area contributed by atoms with Crippen molar-refractivity contribution in [3.63, 3.8) is 0 Å². The number of carbonyl (C=O) groups is 3. The first-order valence-corrected chi connectivity index (χ1v) is 18.7. The maximum absolute atomic E-state index is 14.2. The van der Waals surface area contributed by atoms with Gasteiger partial charge in [-0.1, -0.05) is 68.5 Å². The predicted octanol–water partition coefficient (Wildman–Crippen LogP) is 2.84. The Morgan fingerprint density at radius 1 is 0.922 bits per heavy atom. The van der Waals surface area contributed by atoms with Gasteiger partial charge in [-0.25, -0.2) is 4.98 Å². The predicted molar refractivity (Wildman–Crippen MR) is 194 cm³/mol. The number of benzene rings is 1. The Morgan fingerprint density at radius 2 is 1.67 bits per heavy atom. The van der Waals surface area contributed by atoms with Gasteiger partial charge in [0.15, 0.2) is 0 Å². The molecule has 7 N–H and O–H groups in total. The molecule has 3 amide bonds. The molecule has 51 heavy (non-hydrogen) atoms. The smallest absolute Gasteiger partial charge is 0.243 e. The lowest BCUT2D eigenvalue weighted by Crippen LogP contribution is -2.56. The van der Waals surface area contributed by atoms with E-state index in [1.54, 1.807) is 17.3 Å². The molecule has 1 saturated heterocycles. The fraction of sp³-hybridized carbons (Fsp3) is 0.564. The third-order valence-electron chi connectivity index (χ3n) is 10.5. The van der Waals surface area contributed by atoms with E-state index in [1.165, 1.54) is 12.7 Å². The van der Waals surface area contributed by atoms with Crippen molar-refractivity contribution in [1.29, 1.82) is 0 Å². The SMILES string of the molecule is NC1CCN(C(=O)C[C@H](Cc2ccccc2)C(=O)N[C@@H](Cc2cnc[nH]2)C(=O)N[C@@H](CC2CCCCC2)[C@@H](O)[C@@H](O)CCc2ccccn2)CC1. The molecule has 0 spiro atoms. The molecule has 3 aromatic rings. The van der Waals surface area contributed by atoms with Crippen LogP contribution in [0, 0.1) is 11.8 Å². The molecule has 0 unspecified atom stereocenters. The van der Waals surface area contributed by atoms with Crippen LogP contribution in [-0.4, -0.2) is 91.2 Å². The van der Waals surface area contributed by atoms with Crippen LogP contribution in [0.25, 0.3) is 0 Å². The Hall–Kier alpha value is -4.13. The van der Waals surface area contributed by atoms with E-state index < -0.39 is 42.0 Å². The third kappa shape index (κ3) is 12.0. The number of nitrogens with one attached hydrogen (secondary N) is 3. The summed E-state index contributed by atoms with van der Waals surface area (Å²) >= 11 is 0. The number of amides is 3. The van der Waals surface area contributed by atoms with Crippen molar-refractivity contribution in [1.82, 2.24) is 30.5 Å². The highest BCUT2D eigenvalue weighted by molar-refractivity contribution is 5.91. The number of hydrogen-bond donors (Lipinski definition) is 6. The van der Waals surface area contributed by atoms with Crippen LogP contribution < -0.4 is 16.4 Å². The van der Waals surface area contributed by atoms with Crippen molar-refractivity contribution in [3.8, 4) is 0 Å². The molecule has 1 aliphatic heterocycles. The standard InChI is InChI=1S/C39H55N7O5/c40-30-16-19-46(20-17-30)36(48)23-29(21-27-9-3-1-4-10-27)38(50)45-34(24-32-25-41-26-43-32)39(51)44-33(22-28-11-5-2-6-12-28)37(49)35(47)15-14-31-13-7-8-18-42-31/h1,3-4,7-10,13,18,25-26,28-30,33-35,37,47,49H,2,5-6,11-12,14-17,19-24,40H2,(H,41,43)(H,44,51)(H,45,50)/t29-,33-,34-,35-,37+/m0/s1. The zero-order valence-corrected chi connectivity index (χ0v) is 29.5. The fourth-order valence-electron chi connectivity index (χ4n) is 7.39. The Morgan fingerprint density at radius 3 is 2.35 bits per heavy atom. The molecule has 12 nitrogen and oxygen atoms in total. The van der Waals surface area contributed by atoms with Gasteiger partial charge < -0.3 is 36.5 Å². The van der Waals surface area contributed by atoms with Gasteiger partial charge >= 0.3 is 0 Å². The largest absolute Gasteiger partial charge is 0.390 e. The molecular formula is C39H55N7O5. The number of piperidine rings is 1. The van der Waals surface area contributed by atoms with E-state index in [9.17, 15) is 24.6 Å². The molecule has 276 valence electrons. The van der Waals surface area contributed by atoms with Crippen LogP contribution in [-0.2, 0) is 33.6 Å². The van der Waals surface area contributed by atoms with Gasteiger partial charge in [-0.3, -0.25) is 19.4 Å². The maximum atomic E-state index is 14.2. The van der Waals surface area contributed by atoms with Crippen LogP contribution >= 0.6 is 0 Å². The van der Waals surface area contributed by atoms with E-state index in [-0.39, 0.29) is 31.2 Å². The van der Waals surface area contributed by atoms with Crippen molar-refractivity contribution in [2.75, 3.05) is 13.1 Å². The quantitative estimate of drug-likeness (QED) is 0.124. The van der Waals surface area contributed by atoms with E-state index in [0.29, 0.717) is 44.0 Å². The Kier molecular flexibility index (Phi) is 14.5. The molecule has 0 bridgehead atoms. The van der Waals surface area contributed by atoms with Gasteiger partial charge in [0.2, 0.25) is 17.7 Å². The highest BCUT2D eigenvalue weighted by Gasteiger charge is 2.35. The van der Waals surface area contributed by atoms with Gasteiger partial charge in [0.25, 0.3) is 0 Å². The minimum Gasteiger partial charge on any atom is -0.390 e. The zero-order chi connectivity index (χ0) is 36.0. The third-order valence-corrected chi connectivity index (χ3v) is 10.5. The Balaban J connectivity index is 1.32. The highest BCUT2D eigenvalue weighted by Crippen LogP contribution is 2.29. The number of pyridine rings is 1. The second kappa shape index (κ2) is 19.5. The van der Waals surface area contributed by atoms with Crippen LogP contribution in [0.3, 0.4) is 0 Å². The van der Waals surface area contributed by atoms with Crippen molar-refractivity contribution in [2.24, 2.45) is 17.6 Å². The minimum atomic E-state index is -1.22. The minimum absolute atomic E-state index is 0.000154. The number of likely N-dealkylation sites (tertiary alicyclic amines) is 1. The average molecular weight is 702 g/mol. The topological polar surface area (TPSA) is 187 Å². The van der Waals surface area contributed by atoms with E-state index >= 15 is 0 Å². The molecule has 2 fully saturated rings. The molecule has 3 heterocycles. The fourth-order valence-corrected chi connectivity index (χ4v) is 7.39. The summed E-state index contributed by atoms with van der Waals surface area (Å²) in [7, 11) is 0. The molecule has 5 rings (SSSR count). The number of rotatable bonds is 17. The zero-order valence-electron chi connectivity index (χ0n) is 29.5. The number of aryl methyl sites for hydroxylation is 1. The van der Waals surface area contributed by atoms with Crippen molar-refractivity contribution >= 4 is 17.7 Å². The van der Waals surface area contributed by atoms with Gasteiger partial charge in [-0.15, -0.1) is 0 Å². The lowest BCUT2D eigenvalue weighted by atomic mass is 9.82. The number of H-pyrrole nitrogens is 1. The number of hydrogen-bond acceptors (Lipinski definition) is 8. The summed E-state index contributed by atoms with van der Waals surface area (Å²) in [5, 5.41) is 28.7. The lowest BCUT2D eigenvalue weighted by Gasteiger charge is -2.33. The molecule has 1 saturated carbocycles. The summed E-state index contributed by atoms with van der Waals surface area (Å²) in [6, 6.07) is 13.5. The van der Waals surface area contributed by atoms with Crippen LogP contribution in [0.15, 0.2) is 67.3 Å². The molecule has 2 aliphatic rings. The number of nitrogens with zero attached hydrogens (tertiary/aromatic N) is 3. The van der Waals surface area contributed by atoms with Gasteiger partial charge in [0.05, 0.1) is 24.4 Å². The maximum Gasteiger partial charge on any atom is 0.243 e. The molecule has 1 aliphatic carbocycles. The number of carbonyl (C=O) groups excluding carboxylic acids is 3. The van der Waals surface area contributed by atoms with Crippen LogP contribution in [0.5, 0.6) is 0 Å². The first-order valence-electron chi connectivity index (χ1n) is 18.7. The molecule has 0 radical (unpaired) electrons. The molecule has 1 aromatic carbocycles. The normalized spacial score (nSPS) is 18.7. The summed E-state index contributed by atoms with van der Waals surface area (Å²) in [5.41, 5.74) is 8.44. The van der Waals surface area contributed by atoms with E-state index in [1.807, 2.05) is 48.5 Å². The summed E-state index contributed by atoms with van der Waals surface area (Å²) in [5.74, 6) is -1.40. The summed E-state index contributed by atoms with van der Waals surface area (Å²) in [4.78, 5) is 55.0. The highest BCUT2D eigenvalue weighted by atomic mass is 16.3. The van der Waals surface area contributed by atoms with Gasteiger partial charge in [0.1, 0.15) is 12.1 Å². The van der Waals surface area contributed by atoms with Crippen LogP contribution in [0.1, 0.15) is 81.2 Å². The van der Waals surface area contributed by atoms with E-state index in [4.69, 9.17) is 5.73 Å². The lowest BCUT2D eigenvalue weighted by molar-refractivity contribution is -0.138. The molecule has 2 aromatic heterocycles. The second-order valence-electron chi connectivity index (χ2n) is 14.4. The number of aliphatic hydroxyl groups excluding tert-OH is 2. The van der Waals surface area contributed by atoms with Crippen molar-refractivity contribution in [3.05, 3.63) is 84.2 Å². The summed E-state index contributed by atoms with van der Waals surface area (Å²) in [6.07, 6.45) is 11.0. The number of imidazole rings is 1. The Bertz CT molecular complexity index is 1480. The van der Waals surface area contributed by atoms with E-state index in [0.717, 1.165) is 49.8 Å². The summed E-state index contributed by atoms with van der Waals surface area (Å²) in [6.45, 7) is 1.12. The second-order valence-corrected chi connectivity index (χ2v) is 14.4. The van der Waals surface area contributed by atoms with Gasteiger partial charge in [-0.2, -0.15) is 0 Å². The monoisotopic (exact) mass is 701 g/mol. The number of aliphatic hydroxyl groups is 2. The van der Waals surface area contributed by atoms with Crippen molar-refractivity contribution in [2.45, 2.75) is 114 Å². The van der Waals surface area contributed by atoms with Gasteiger partial charge in [-0.05, 0) is 62.1 Å². The first-order chi connectivity index (χ1) is 24.7. The molecular weight excluding hydrogens is 646 g/mol. The number of aromatic nitrogens is 3.